The van der Waals surface area contributed by atoms with Crippen LogP contribution < -0.4 is 0 Å². The number of rotatable bonds is 6. The van der Waals surface area contributed by atoms with Crippen molar-refractivity contribution in [2.45, 2.75) is 65.7 Å². The van der Waals surface area contributed by atoms with Crippen LogP contribution in [0.15, 0.2) is 0 Å². The van der Waals surface area contributed by atoms with E-state index >= 15 is 0 Å². The average Bonchev–Trinajstić information content (AvgIpc) is 2.78. The van der Waals surface area contributed by atoms with Crippen LogP contribution >= 0.6 is 0 Å². The monoisotopic (exact) mass is 168 g/mol. The highest BCUT2D eigenvalue weighted by molar-refractivity contribution is 4.87. The van der Waals surface area contributed by atoms with Crippen LogP contribution in [0.1, 0.15) is 65.7 Å². The lowest BCUT2D eigenvalue weighted by Gasteiger charge is -2.10. The van der Waals surface area contributed by atoms with E-state index in [1.807, 2.05) is 0 Å². The third-order valence-corrected chi connectivity index (χ3v) is 3.53. The van der Waals surface area contributed by atoms with E-state index in [0.29, 0.717) is 0 Å². The number of hydrogen-bond acceptors (Lipinski definition) is 0. The lowest BCUT2D eigenvalue weighted by atomic mass is 9.96. The molecule has 0 aromatic heterocycles. The molecule has 1 saturated carbocycles. The summed E-state index contributed by atoms with van der Waals surface area (Å²) in [7, 11) is 0. The van der Waals surface area contributed by atoms with Gasteiger partial charge in [0.05, 0.1) is 0 Å². The van der Waals surface area contributed by atoms with E-state index in [9.17, 15) is 0 Å². The summed E-state index contributed by atoms with van der Waals surface area (Å²) in [4.78, 5) is 0. The molecule has 0 N–H and O–H groups in total. The minimum atomic E-state index is 0.787. The molecule has 0 bridgehead atoms. The van der Waals surface area contributed by atoms with Gasteiger partial charge < -0.3 is 0 Å². The van der Waals surface area contributed by atoms with Gasteiger partial charge in [0, 0.05) is 0 Å². The Hall–Kier alpha value is 0. The van der Waals surface area contributed by atoms with Crippen molar-refractivity contribution in [3.63, 3.8) is 0 Å². The molecule has 0 spiro atoms. The molecule has 1 atom stereocenters. The minimum absolute atomic E-state index is 0.787. The molecule has 0 aliphatic heterocycles. The van der Waals surface area contributed by atoms with Crippen LogP contribution in [0.25, 0.3) is 0 Å². The van der Waals surface area contributed by atoms with Crippen LogP contribution in [0.4, 0.5) is 0 Å². The van der Waals surface area contributed by atoms with Gasteiger partial charge in [-0.15, -0.1) is 0 Å². The lowest BCUT2D eigenvalue weighted by Crippen LogP contribution is -1.95. The Kier molecular flexibility index (Phi) is 3.61. The van der Waals surface area contributed by atoms with E-state index in [4.69, 9.17) is 0 Å². The van der Waals surface area contributed by atoms with Gasteiger partial charge in [-0.05, 0) is 30.6 Å². The molecule has 0 amide bonds. The van der Waals surface area contributed by atoms with Gasteiger partial charge in [-0.1, -0.05) is 46.5 Å². The zero-order valence-electron chi connectivity index (χ0n) is 9.03. The fraction of sp³-hybridized carbons (Fsp3) is 1.00. The van der Waals surface area contributed by atoms with Gasteiger partial charge in [0.15, 0.2) is 0 Å². The van der Waals surface area contributed by atoms with Gasteiger partial charge in [0.25, 0.3) is 0 Å². The molecule has 1 aliphatic rings. The van der Waals surface area contributed by atoms with Gasteiger partial charge in [-0.25, -0.2) is 0 Å². The molecule has 1 unspecified atom stereocenters. The normalized spacial score (nSPS) is 22.2. The molecule has 0 saturated heterocycles. The van der Waals surface area contributed by atoms with E-state index in [-0.39, 0.29) is 0 Å². The Morgan fingerprint density at radius 2 is 1.92 bits per heavy atom. The van der Waals surface area contributed by atoms with Gasteiger partial charge in [0.2, 0.25) is 0 Å². The van der Waals surface area contributed by atoms with Crippen molar-refractivity contribution in [2.75, 3.05) is 0 Å². The van der Waals surface area contributed by atoms with Crippen molar-refractivity contribution in [2.24, 2.45) is 11.3 Å². The zero-order valence-corrected chi connectivity index (χ0v) is 9.03. The Morgan fingerprint density at radius 3 is 2.42 bits per heavy atom. The molecular weight excluding hydrogens is 144 g/mol. The summed E-state index contributed by atoms with van der Waals surface area (Å²) in [6, 6.07) is 0. The fourth-order valence-electron chi connectivity index (χ4n) is 1.71. The SMILES string of the molecule is CCC(C)CCCCC1(C)CC1. The number of hydrogen-bond donors (Lipinski definition) is 0. The van der Waals surface area contributed by atoms with Crippen molar-refractivity contribution < 1.29 is 0 Å². The summed E-state index contributed by atoms with van der Waals surface area (Å²) in [6.07, 6.45) is 10.2. The lowest BCUT2D eigenvalue weighted by molar-refractivity contribution is 0.432. The predicted molar refractivity (Wildman–Crippen MR) is 55.3 cm³/mol. The first kappa shape index (κ1) is 10.1. The van der Waals surface area contributed by atoms with E-state index in [2.05, 4.69) is 20.8 Å². The highest BCUT2D eigenvalue weighted by atomic mass is 14.4. The summed E-state index contributed by atoms with van der Waals surface area (Å²) in [5.41, 5.74) is 0.787. The smallest absolute Gasteiger partial charge is 0.0325 e. The Labute approximate surface area is 77.7 Å². The van der Waals surface area contributed by atoms with Crippen LogP contribution in [-0.4, -0.2) is 0 Å². The molecular formula is C12H24. The second kappa shape index (κ2) is 4.30. The van der Waals surface area contributed by atoms with Crippen molar-refractivity contribution >= 4 is 0 Å². The standard InChI is InChI=1S/C12H24/c1-4-11(2)7-5-6-8-12(3)9-10-12/h11H,4-10H2,1-3H3. The molecule has 1 fully saturated rings. The fourth-order valence-corrected chi connectivity index (χ4v) is 1.71. The summed E-state index contributed by atoms with van der Waals surface area (Å²) in [5.74, 6) is 0.956. The molecule has 0 nitrogen and oxygen atoms in total. The van der Waals surface area contributed by atoms with Crippen LogP contribution in [-0.2, 0) is 0 Å². The summed E-state index contributed by atoms with van der Waals surface area (Å²) >= 11 is 0. The quantitative estimate of drug-likeness (QED) is 0.516. The Balaban J connectivity index is 1.89. The van der Waals surface area contributed by atoms with Gasteiger partial charge >= 0.3 is 0 Å². The molecule has 72 valence electrons. The first-order valence-electron chi connectivity index (χ1n) is 5.66. The average molecular weight is 168 g/mol. The molecule has 1 rings (SSSR count). The molecule has 12 heavy (non-hydrogen) atoms. The van der Waals surface area contributed by atoms with Crippen molar-refractivity contribution in [3.8, 4) is 0 Å². The van der Waals surface area contributed by atoms with Gasteiger partial charge in [-0.2, -0.15) is 0 Å². The molecule has 0 heteroatoms. The highest BCUT2D eigenvalue weighted by Gasteiger charge is 2.35. The number of unbranched alkanes of at least 4 members (excludes halogenated alkanes) is 1. The topological polar surface area (TPSA) is 0 Å². The van der Waals surface area contributed by atoms with E-state index in [1.165, 1.54) is 44.9 Å². The van der Waals surface area contributed by atoms with Gasteiger partial charge in [-0.3, -0.25) is 0 Å². The zero-order chi connectivity index (χ0) is 9.03. The van der Waals surface area contributed by atoms with Crippen molar-refractivity contribution in [1.29, 1.82) is 0 Å². The van der Waals surface area contributed by atoms with E-state index < -0.39 is 0 Å². The molecule has 1 aliphatic carbocycles. The Morgan fingerprint density at radius 1 is 1.25 bits per heavy atom. The first-order valence-corrected chi connectivity index (χ1v) is 5.66. The van der Waals surface area contributed by atoms with Crippen LogP contribution in [0.3, 0.4) is 0 Å². The second-order valence-electron chi connectivity index (χ2n) is 5.07. The molecule has 0 aromatic rings. The maximum absolute atomic E-state index is 2.44. The van der Waals surface area contributed by atoms with Crippen molar-refractivity contribution in [3.05, 3.63) is 0 Å². The summed E-state index contributed by atoms with van der Waals surface area (Å²) in [6.45, 7) is 7.11. The highest BCUT2D eigenvalue weighted by Crippen LogP contribution is 2.49. The second-order valence-corrected chi connectivity index (χ2v) is 5.07. The third kappa shape index (κ3) is 3.60. The van der Waals surface area contributed by atoms with Crippen LogP contribution in [0.5, 0.6) is 0 Å². The molecule has 0 radical (unpaired) electrons. The largest absolute Gasteiger partial charge is 0.0651 e. The first-order chi connectivity index (χ1) is 5.66. The van der Waals surface area contributed by atoms with E-state index in [1.54, 1.807) is 0 Å². The molecule has 0 aromatic carbocycles. The Bertz CT molecular complexity index is 122. The van der Waals surface area contributed by atoms with E-state index in [0.717, 1.165) is 11.3 Å². The predicted octanol–water partition coefficient (Wildman–Crippen LogP) is 4.39. The summed E-state index contributed by atoms with van der Waals surface area (Å²) in [5, 5.41) is 0. The minimum Gasteiger partial charge on any atom is -0.0651 e. The van der Waals surface area contributed by atoms with Crippen molar-refractivity contribution in [1.82, 2.24) is 0 Å². The van der Waals surface area contributed by atoms with Gasteiger partial charge in [0.1, 0.15) is 0 Å². The van der Waals surface area contributed by atoms with Crippen LogP contribution in [0, 0.1) is 11.3 Å². The maximum atomic E-state index is 2.44. The van der Waals surface area contributed by atoms with Crippen LogP contribution in [0.2, 0.25) is 0 Å². The maximum Gasteiger partial charge on any atom is -0.0325 e. The summed E-state index contributed by atoms with van der Waals surface area (Å²) < 4.78 is 0. The third-order valence-electron chi connectivity index (χ3n) is 3.53. The molecule has 0 heterocycles.